The molecule has 4 heterocycles. The second-order valence-corrected chi connectivity index (χ2v) is 8.53. The Kier molecular flexibility index (Phi) is 5.66. The first-order chi connectivity index (χ1) is 13.9. The minimum Gasteiger partial charge on any atom is -0.448 e. The normalized spacial score (nSPS) is 27.1. The van der Waals surface area contributed by atoms with Crippen LogP contribution < -0.4 is 5.32 Å². The van der Waals surface area contributed by atoms with Crippen molar-refractivity contribution in [2.24, 2.45) is 0 Å². The van der Waals surface area contributed by atoms with Crippen LogP contribution in [-0.2, 0) is 11.3 Å². The van der Waals surface area contributed by atoms with Crippen LogP contribution in [0.1, 0.15) is 42.3 Å². The van der Waals surface area contributed by atoms with Gasteiger partial charge in [-0.2, -0.15) is 0 Å². The molecule has 2 aromatic heterocycles. The summed E-state index contributed by atoms with van der Waals surface area (Å²) in [6, 6.07) is 7.06. The number of nitrogens with zero attached hydrogens (tertiary/aromatic N) is 2. The van der Waals surface area contributed by atoms with Gasteiger partial charge in [-0.25, -0.2) is 0 Å². The van der Waals surface area contributed by atoms with Gasteiger partial charge in [0, 0.05) is 32.1 Å². The number of nitrogens with one attached hydrogen (secondary N) is 1. The molecule has 2 N–H and O–H groups in total. The van der Waals surface area contributed by atoms with E-state index in [1.165, 1.54) is 6.20 Å². The van der Waals surface area contributed by atoms with Crippen LogP contribution in [0.5, 0.6) is 0 Å². The van der Waals surface area contributed by atoms with E-state index in [9.17, 15) is 9.90 Å². The second-order valence-electron chi connectivity index (χ2n) is 8.16. The van der Waals surface area contributed by atoms with Gasteiger partial charge >= 0.3 is 0 Å². The Balaban J connectivity index is 1.41. The largest absolute Gasteiger partial charge is 0.448 e. The molecule has 0 aliphatic carbocycles. The molecule has 0 saturated carbocycles. The van der Waals surface area contributed by atoms with Crippen LogP contribution in [0.15, 0.2) is 41.1 Å². The summed E-state index contributed by atoms with van der Waals surface area (Å²) in [5, 5.41) is 14.7. The molecule has 2 atom stereocenters. The Bertz CT molecular complexity index is 851. The number of aliphatic hydroxyl groups excluding tert-OH is 1. The summed E-state index contributed by atoms with van der Waals surface area (Å²) < 4.78 is 11.6. The molecule has 2 aliphatic rings. The SMILES string of the molecule is C[C@]1(NC(=O)c2cccnc2)CCOC2(CCN(Cc3ccc(Cl)o3)CC2)[C@@H]1O. The van der Waals surface area contributed by atoms with Crippen LogP contribution in [0.2, 0.25) is 5.22 Å². The van der Waals surface area contributed by atoms with E-state index in [1.54, 1.807) is 24.4 Å². The predicted octanol–water partition coefficient (Wildman–Crippen LogP) is 2.63. The first-order valence-corrected chi connectivity index (χ1v) is 10.3. The number of hydrogen-bond acceptors (Lipinski definition) is 6. The molecule has 1 amide bonds. The van der Waals surface area contributed by atoms with E-state index < -0.39 is 17.2 Å². The fourth-order valence-corrected chi connectivity index (χ4v) is 4.55. The molecule has 0 bridgehead atoms. The van der Waals surface area contributed by atoms with Crippen molar-refractivity contribution in [3.63, 3.8) is 0 Å². The number of ether oxygens (including phenoxy) is 1. The molecule has 0 unspecified atom stereocenters. The number of hydrogen-bond donors (Lipinski definition) is 2. The number of halogens is 1. The van der Waals surface area contributed by atoms with E-state index in [4.69, 9.17) is 20.8 Å². The fraction of sp³-hybridized carbons (Fsp3) is 0.524. The molecule has 2 saturated heterocycles. The predicted molar refractivity (Wildman–Crippen MR) is 108 cm³/mol. The van der Waals surface area contributed by atoms with Crippen LogP contribution in [0, 0.1) is 0 Å². The highest BCUT2D eigenvalue weighted by Gasteiger charge is 2.53. The van der Waals surface area contributed by atoms with Gasteiger partial charge in [0.25, 0.3) is 5.91 Å². The zero-order valence-corrected chi connectivity index (χ0v) is 17.2. The maximum Gasteiger partial charge on any atom is 0.253 e. The third-order valence-electron chi connectivity index (χ3n) is 6.15. The van der Waals surface area contributed by atoms with E-state index in [1.807, 2.05) is 13.0 Å². The average Bonchev–Trinajstić information content (AvgIpc) is 3.13. The Morgan fingerprint density at radius 2 is 2.14 bits per heavy atom. The molecule has 29 heavy (non-hydrogen) atoms. The van der Waals surface area contributed by atoms with Gasteiger partial charge in [-0.1, -0.05) is 0 Å². The lowest BCUT2D eigenvalue weighted by molar-refractivity contribution is -0.206. The summed E-state index contributed by atoms with van der Waals surface area (Å²) in [5.74, 6) is 0.591. The van der Waals surface area contributed by atoms with Crippen LogP contribution in [0.3, 0.4) is 0 Å². The lowest BCUT2D eigenvalue weighted by atomic mass is 9.73. The minimum absolute atomic E-state index is 0.233. The maximum atomic E-state index is 12.7. The lowest BCUT2D eigenvalue weighted by Crippen LogP contribution is -2.69. The van der Waals surface area contributed by atoms with Crippen molar-refractivity contribution in [1.82, 2.24) is 15.2 Å². The van der Waals surface area contributed by atoms with E-state index >= 15 is 0 Å². The van der Waals surface area contributed by atoms with Gasteiger partial charge in [0.15, 0.2) is 5.22 Å². The molecule has 4 rings (SSSR count). The molecule has 2 fully saturated rings. The van der Waals surface area contributed by atoms with Gasteiger partial charge in [-0.3, -0.25) is 14.7 Å². The van der Waals surface area contributed by atoms with Gasteiger partial charge in [0.1, 0.15) is 11.9 Å². The third-order valence-corrected chi connectivity index (χ3v) is 6.35. The number of pyridine rings is 1. The van der Waals surface area contributed by atoms with Crippen molar-refractivity contribution in [2.45, 2.75) is 50.0 Å². The highest BCUT2D eigenvalue weighted by Crippen LogP contribution is 2.40. The first-order valence-electron chi connectivity index (χ1n) is 9.91. The number of rotatable bonds is 4. The van der Waals surface area contributed by atoms with Crippen molar-refractivity contribution in [2.75, 3.05) is 19.7 Å². The maximum absolute atomic E-state index is 12.7. The van der Waals surface area contributed by atoms with Gasteiger partial charge in [0.2, 0.25) is 0 Å². The van der Waals surface area contributed by atoms with E-state index in [0.29, 0.717) is 43.2 Å². The quantitative estimate of drug-likeness (QED) is 0.792. The van der Waals surface area contributed by atoms with E-state index in [-0.39, 0.29) is 5.91 Å². The van der Waals surface area contributed by atoms with Crippen LogP contribution in [0.4, 0.5) is 0 Å². The zero-order valence-electron chi connectivity index (χ0n) is 16.4. The summed E-state index contributed by atoms with van der Waals surface area (Å²) in [6.07, 6.45) is 4.27. The summed E-state index contributed by atoms with van der Waals surface area (Å²) in [4.78, 5) is 18.9. The molecule has 7 nitrogen and oxygen atoms in total. The minimum atomic E-state index is -0.801. The first kappa shape index (κ1) is 20.3. The molecule has 8 heteroatoms. The van der Waals surface area contributed by atoms with Gasteiger partial charge in [-0.15, -0.1) is 0 Å². The summed E-state index contributed by atoms with van der Waals surface area (Å²) in [6.45, 7) is 4.60. The number of piperidine rings is 1. The summed E-state index contributed by atoms with van der Waals surface area (Å²) in [5.41, 5.74) is -0.942. The monoisotopic (exact) mass is 419 g/mol. The Hall–Kier alpha value is -1.93. The zero-order chi connectivity index (χ0) is 20.5. The lowest BCUT2D eigenvalue weighted by Gasteiger charge is -2.53. The number of furan rings is 1. The standard InChI is InChI=1S/C21H26ClN3O4/c1-20(24-18(26)15-3-2-9-23-13-15)8-12-28-21(19(20)27)6-10-25(11-7-21)14-16-4-5-17(22)29-16/h2-5,9,13,19,27H,6-8,10-12,14H2,1H3,(H,24,26)/t19-,20+/m1/s1. The average molecular weight is 420 g/mol. The van der Waals surface area contributed by atoms with Crippen LogP contribution >= 0.6 is 11.6 Å². The molecule has 1 spiro atoms. The van der Waals surface area contributed by atoms with E-state index in [2.05, 4.69) is 15.2 Å². The van der Waals surface area contributed by atoms with Gasteiger partial charge in [-0.05, 0) is 62.1 Å². The third kappa shape index (κ3) is 4.19. The van der Waals surface area contributed by atoms with Crippen molar-refractivity contribution >= 4 is 17.5 Å². The van der Waals surface area contributed by atoms with Crippen molar-refractivity contribution < 1.29 is 19.1 Å². The Labute approximate surface area is 175 Å². The number of carbonyl (C=O) groups excluding carboxylic acids is 1. The van der Waals surface area contributed by atoms with Gasteiger partial charge in [0.05, 0.1) is 23.2 Å². The Morgan fingerprint density at radius 1 is 1.34 bits per heavy atom. The molecule has 0 aromatic carbocycles. The number of likely N-dealkylation sites (tertiary alicyclic amines) is 1. The number of aromatic nitrogens is 1. The van der Waals surface area contributed by atoms with Crippen molar-refractivity contribution in [1.29, 1.82) is 0 Å². The van der Waals surface area contributed by atoms with Crippen LogP contribution in [0.25, 0.3) is 0 Å². The van der Waals surface area contributed by atoms with Crippen LogP contribution in [-0.4, -0.2) is 57.8 Å². The second kappa shape index (κ2) is 8.07. The van der Waals surface area contributed by atoms with Crippen molar-refractivity contribution in [3.05, 3.63) is 53.2 Å². The summed E-state index contributed by atoms with van der Waals surface area (Å²) in [7, 11) is 0. The molecule has 156 valence electrons. The highest BCUT2D eigenvalue weighted by atomic mass is 35.5. The molecule has 2 aromatic rings. The number of aliphatic hydroxyl groups is 1. The molecular formula is C21H26ClN3O4. The molecule has 0 radical (unpaired) electrons. The Morgan fingerprint density at radius 3 is 2.79 bits per heavy atom. The smallest absolute Gasteiger partial charge is 0.253 e. The topological polar surface area (TPSA) is 87.8 Å². The highest BCUT2D eigenvalue weighted by molar-refractivity contribution is 6.28. The summed E-state index contributed by atoms with van der Waals surface area (Å²) >= 11 is 5.85. The number of carbonyl (C=O) groups is 1. The van der Waals surface area contributed by atoms with E-state index in [0.717, 1.165) is 18.8 Å². The molecule has 2 aliphatic heterocycles. The molecular weight excluding hydrogens is 394 g/mol. The fourth-order valence-electron chi connectivity index (χ4n) is 4.39. The number of amides is 1. The van der Waals surface area contributed by atoms with Crippen molar-refractivity contribution in [3.8, 4) is 0 Å². The van der Waals surface area contributed by atoms with Gasteiger partial charge < -0.3 is 19.6 Å².